The van der Waals surface area contributed by atoms with E-state index in [1.54, 1.807) is 0 Å². The van der Waals surface area contributed by atoms with Crippen molar-refractivity contribution >= 4 is 11.8 Å². The molecule has 7 heteroatoms. The minimum absolute atomic E-state index is 0.0372. The first-order chi connectivity index (χ1) is 13.3. The van der Waals surface area contributed by atoms with Gasteiger partial charge in [0.05, 0.1) is 23.6 Å². The summed E-state index contributed by atoms with van der Waals surface area (Å²) in [6, 6.07) is 12.1. The number of nitrogens with one attached hydrogen (secondary N) is 1. The van der Waals surface area contributed by atoms with Crippen LogP contribution in [0.25, 0.3) is 11.4 Å². The summed E-state index contributed by atoms with van der Waals surface area (Å²) < 4.78 is 7.82. The number of hydrogen-bond acceptors (Lipinski definition) is 6. The largest absolute Gasteiger partial charge is 0.488 e. The predicted molar refractivity (Wildman–Crippen MR) is 110 cm³/mol. The molecule has 3 heterocycles. The van der Waals surface area contributed by atoms with Crippen molar-refractivity contribution in [2.75, 3.05) is 17.6 Å². The molecule has 3 aromatic rings. The Morgan fingerprint density at radius 1 is 1.21 bits per heavy atom. The van der Waals surface area contributed by atoms with E-state index in [0.29, 0.717) is 12.4 Å². The average Bonchev–Trinajstić information content (AvgIpc) is 3.22. The lowest BCUT2D eigenvalue weighted by Crippen LogP contribution is -2.24. The van der Waals surface area contributed by atoms with Crippen LogP contribution in [0.15, 0.2) is 36.4 Å². The maximum absolute atomic E-state index is 5.98. The number of rotatable bonds is 4. The van der Waals surface area contributed by atoms with Crippen LogP contribution in [0.4, 0.5) is 11.8 Å². The lowest BCUT2D eigenvalue weighted by atomic mass is 9.92. The number of anilines is 2. The van der Waals surface area contributed by atoms with Gasteiger partial charge in [0.25, 0.3) is 0 Å². The third-order valence-corrected chi connectivity index (χ3v) is 4.88. The lowest BCUT2D eigenvalue weighted by Gasteiger charge is -2.14. The van der Waals surface area contributed by atoms with Crippen LogP contribution >= 0.6 is 0 Å². The monoisotopic (exact) mass is 378 g/mol. The molecule has 3 N–H and O–H groups in total. The van der Waals surface area contributed by atoms with E-state index in [4.69, 9.17) is 10.5 Å². The summed E-state index contributed by atoms with van der Waals surface area (Å²) in [5.41, 5.74) is 9.83. The minimum atomic E-state index is -0.0372. The van der Waals surface area contributed by atoms with Gasteiger partial charge < -0.3 is 15.8 Å². The van der Waals surface area contributed by atoms with Crippen LogP contribution in [-0.2, 0) is 18.9 Å². The number of benzene rings is 1. The van der Waals surface area contributed by atoms with E-state index >= 15 is 0 Å². The van der Waals surface area contributed by atoms with Crippen molar-refractivity contribution < 1.29 is 4.74 Å². The smallest absolute Gasteiger partial charge is 0.222 e. The molecule has 0 saturated carbocycles. The standard InChI is InChI=1S/C21H26N6O/c1-21(2,3)18-11-16(27(4)26-18)15-10-19(25-20(22)24-15)23-12-14-9-13-7-5-6-8-17(13)28-14/h5-8,10-11,14H,9,12H2,1-4H3,(H3,22,23,24,25). The summed E-state index contributed by atoms with van der Waals surface area (Å²) in [5, 5.41) is 7.97. The van der Waals surface area contributed by atoms with Crippen molar-refractivity contribution in [3.05, 3.63) is 47.7 Å². The fraction of sp³-hybridized carbons (Fsp3) is 0.381. The maximum Gasteiger partial charge on any atom is 0.222 e. The summed E-state index contributed by atoms with van der Waals surface area (Å²) >= 11 is 0. The fourth-order valence-corrected chi connectivity index (χ4v) is 3.35. The Morgan fingerprint density at radius 3 is 2.71 bits per heavy atom. The van der Waals surface area contributed by atoms with E-state index in [2.05, 4.69) is 53.3 Å². The van der Waals surface area contributed by atoms with Crippen LogP contribution in [0.1, 0.15) is 32.0 Å². The zero-order chi connectivity index (χ0) is 19.9. The molecule has 0 radical (unpaired) electrons. The first kappa shape index (κ1) is 18.3. The second-order valence-corrected chi connectivity index (χ2v) is 8.22. The Labute approximate surface area is 165 Å². The van der Waals surface area contributed by atoms with Gasteiger partial charge in [0.2, 0.25) is 5.95 Å². The Kier molecular flexibility index (Phi) is 4.45. The van der Waals surface area contributed by atoms with Crippen LogP contribution in [0.2, 0.25) is 0 Å². The molecule has 1 unspecified atom stereocenters. The number of nitrogens with zero attached hydrogens (tertiary/aromatic N) is 4. The molecule has 7 nitrogen and oxygen atoms in total. The Bertz CT molecular complexity index is 979. The number of hydrogen-bond donors (Lipinski definition) is 2. The molecule has 1 atom stereocenters. The number of nitrogen functional groups attached to an aromatic ring is 1. The molecule has 1 aliphatic rings. The normalized spacial score (nSPS) is 15.9. The molecule has 1 aromatic carbocycles. The van der Waals surface area contributed by atoms with Gasteiger partial charge in [-0.1, -0.05) is 39.0 Å². The van der Waals surface area contributed by atoms with Crippen LogP contribution in [0.5, 0.6) is 5.75 Å². The molecular formula is C21H26N6O. The fourth-order valence-electron chi connectivity index (χ4n) is 3.35. The highest BCUT2D eigenvalue weighted by molar-refractivity contribution is 5.61. The molecule has 0 aliphatic carbocycles. The molecular weight excluding hydrogens is 352 g/mol. The maximum atomic E-state index is 5.98. The number of nitrogens with two attached hydrogens (primary N) is 1. The first-order valence-corrected chi connectivity index (χ1v) is 9.47. The number of ether oxygens (including phenoxy) is 1. The highest BCUT2D eigenvalue weighted by Gasteiger charge is 2.23. The van der Waals surface area contributed by atoms with Crippen molar-refractivity contribution in [1.82, 2.24) is 19.7 Å². The summed E-state index contributed by atoms with van der Waals surface area (Å²) in [6.07, 6.45) is 0.953. The number of aromatic nitrogens is 4. The van der Waals surface area contributed by atoms with E-state index in [1.807, 2.05) is 36.0 Å². The second-order valence-electron chi connectivity index (χ2n) is 8.22. The van der Waals surface area contributed by atoms with Crippen molar-refractivity contribution in [1.29, 1.82) is 0 Å². The Hall–Kier alpha value is -3.09. The molecule has 0 saturated heterocycles. The van der Waals surface area contributed by atoms with Gasteiger partial charge in [-0.05, 0) is 17.7 Å². The molecule has 0 fully saturated rings. The van der Waals surface area contributed by atoms with Gasteiger partial charge in [0, 0.05) is 24.9 Å². The third kappa shape index (κ3) is 3.65. The molecule has 0 bridgehead atoms. The van der Waals surface area contributed by atoms with Gasteiger partial charge in [-0.15, -0.1) is 0 Å². The molecule has 28 heavy (non-hydrogen) atoms. The Balaban J connectivity index is 1.51. The van der Waals surface area contributed by atoms with Crippen LogP contribution in [-0.4, -0.2) is 32.4 Å². The lowest BCUT2D eigenvalue weighted by molar-refractivity contribution is 0.246. The van der Waals surface area contributed by atoms with E-state index in [9.17, 15) is 0 Å². The molecule has 4 rings (SSSR count). The summed E-state index contributed by atoms with van der Waals surface area (Å²) in [7, 11) is 1.92. The number of aryl methyl sites for hydroxylation is 1. The number of para-hydroxylation sites is 1. The highest BCUT2D eigenvalue weighted by atomic mass is 16.5. The van der Waals surface area contributed by atoms with Gasteiger partial charge in [-0.2, -0.15) is 10.1 Å². The average molecular weight is 378 g/mol. The SMILES string of the molecule is Cn1nc(C(C)(C)C)cc1-c1cc(NCC2Cc3ccccc3O2)nc(N)n1. The van der Waals surface area contributed by atoms with Crippen molar-refractivity contribution in [3.63, 3.8) is 0 Å². The van der Waals surface area contributed by atoms with Crippen LogP contribution in [0.3, 0.4) is 0 Å². The van der Waals surface area contributed by atoms with Gasteiger partial charge in [0.1, 0.15) is 17.7 Å². The van der Waals surface area contributed by atoms with Crippen LogP contribution in [0, 0.1) is 0 Å². The van der Waals surface area contributed by atoms with Gasteiger partial charge in [-0.3, -0.25) is 4.68 Å². The summed E-state index contributed by atoms with van der Waals surface area (Å²) in [6.45, 7) is 7.06. The third-order valence-electron chi connectivity index (χ3n) is 4.88. The van der Waals surface area contributed by atoms with Crippen LogP contribution < -0.4 is 15.8 Å². The highest BCUT2D eigenvalue weighted by Crippen LogP contribution is 2.29. The molecule has 146 valence electrons. The minimum Gasteiger partial charge on any atom is -0.488 e. The van der Waals surface area contributed by atoms with E-state index in [-0.39, 0.29) is 17.5 Å². The molecule has 0 spiro atoms. The molecule has 0 amide bonds. The first-order valence-electron chi connectivity index (χ1n) is 9.47. The predicted octanol–water partition coefficient (Wildman–Crippen LogP) is 3.17. The van der Waals surface area contributed by atoms with E-state index in [1.165, 1.54) is 5.56 Å². The summed E-state index contributed by atoms with van der Waals surface area (Å²) in [4.78, 5) is 8.73. The summed E-state index contributed by atoms with van der Waals surface area (Å²) in [5.74, 6) is 1.87. The van der Waals surface area contributed by atoms with Crippen molar-refractivity contribution in [2.45, 2.75) is 38.7 Å². The topological polar surface area (TPSA) is 90.9 Å². The zero-order valence-electron chi connectivity index (χ0n) is 16.7. The van der Waals surface area contributed by atoms with E-state index < -0.39 is 0 Å². The van der Waals surface area contributed by atoms with Gasteiger partial charge >= 0.3 is 0 Å². The second kappa shape index (κ2) is 6.82. The Morgan fingerprint density at radius 2 is 2.00 bits per heavy atom. The molecule has 2 aromatic heterocycles. The zero-order valence-corrected chi connectivity index (χ0v) is 16.7. The van der Waals surface area contributed by atoms with Gasteiger partial charge in [0.15, 0.2) is 0 Å². The quantitative estimate of drug-likeness (QED) is 0.725. The van der Waals surface area contributed by atoms with Crippen molar-refractivity contribution in [2.24, 2.45) is 7.05 Å². The van der Waals surface area contributed by atoms with Crippen molar-refractivity contribution in [3.8, 4) is 17.1 Å². The number of fused-ring (bicyclic) bond motifs is 1. The molecule has 1 aliphatic heterocycles. The van der Waals surface area contributed by atoms with E-state index in [0.717, 1.165) is 29.3 Å². The van der Waals surface area contributed by atoms with Gasteiger partial charge in [-0.25, -0.2) is 4.98 Å².